The Morgan fingerprint density at radius 1 is 1.14 bits per heavy atom. The van der Waals surface area contributed by atoms with Gasteiger partial charge >= 0.3 is 0 Å². The third-order valence-electron chi connectivity index (χ3n) is 3.49. The summed E-state index contributed by atoms with van der Waals surface area (Å²) in [5.74, 6) is -0.00868. The van der Waals surface area contributed by atoms with E-state index in [1.807, 2.05) is 13.8 Å². The van der Waals surface area contributed by atoms with Gasteiger partial charge in [-0.1, -0.05) is 13.8 Å². The van der Waals surface area contributed by atoms with Gasteiger partial charge in [-0.25, -0.2) is 5.43 Å². The smallest absolute Gasteiger partial charge is 0.271 e. The van der Waals surface area contributed by atoms with Gasteiger partial charge in [-0.15, -0.1) is 0 Å². The number of rotatable bonds is 6. The van der Waals surface area contributed by atoms with Gasteiger partial charge in [-0.3, -0.25) is 9.59 Å². The van der Waals surface area contributed by atoms with Crippen molar-refractivity contribution in [2.24, 2.45) is 11.0 Å². The molecule has 1 aliphatic carbocycles. The molecule has 0 aliphatic heterocycles. The SMILES string of the molecule is CCC(CC)=NNC(=O)c1ccc(NC(=O)C2CC2)cc1. The summed E-state index contributed by atoms with van der Waals surface area (Å²) in [5.41, 5.74) is 4.75. The summed E-state index contributed by atoms with van der Waals surface area (Å²) in [4.78, 5) is 23.6. The van der Waals surface area contributed by atoms with Gasteiger partial charge in [0.05, 0.1) is 0 Å². The van der Waals surface area contributed by atoms with Crippen molar-refractivity contribution in [2.45, 2.75) is 39.5 Å². The first-order valence-corrected chi connectivity index (χ1v) is 7.40. The number of nitrogens with zero attached hydrogens (tertiary/aromatic N) is 1. The van der Waals surface area contributed by atoms with Crippen LogP contribution in [0, 0.1) is 5.92 Å². The maximum atomic E-state index is 11.9. The van der Waals surface area contributed by atoms with Gasteiger partial charge in [0, 0.05) is 22.9 Å². The van der Waals surface area contributed by atoms with E-state index in [1.54, 1.807) is 24.3 Å². The lowest BCUT2D eigenvalue weighted by atomic mass is 10.2. The summed E-state index contributed by atoms with van der Waals surface area (Å²) in [5, 5.41) is 6.93. The Morgan fingerprint density at radius 3 is 2.29 bits per heavy atom. The van der Waals surface area contributed by atoms with Crippen LogP contribution in [-0.2, 0) is 4.79 Å². The number of hydrazone groups is 1. The molecular weight excluding hydrogens is 266 g/mol. The lowest BCUT2D eigenvalue weighted by Crippen LogP contribution is -2.19. The van der Waals surface area contributed by atoms with Crippen molar-refractivity contribution in [3.63, 3.8) is 0 Å². The summed E-state index contributed by atoms with van der Waals surface area (Å²) in [6.45, 7) is 4.01. The largest absolute Gasteiger partial charge is 0.326 e. The fraction of sp³-hybridized carbons (Fsp3) is 0.438. The van der Waals surface area contributed by atoms with Crippen LogP contribution < -0.4 is 10.7 Å². The lowest BCUT2D eigenvalue weighted by molar-refractivity contribution is -0.117. The van der Waals surface area contributed by atoms with Crippen LogP contribution in [-0.4, -0.2) is 17.5 Å². The molecule has 1 aliphatic rings. The van der Waals surface area contributed by atoms with Crippen LogP contribution in [0.3, 0.4) is 0 Å². The molecule has 0 aromatic heterocycles. The Kier molecular flexibility index (Phi) is 5.09. The van der Waals surface area contributed by atoms with E-state index in [4.69, 9.17) is 0 Å². The van der Waals surface area contributed by atoms with Crippen LogP contribution in [0.15, 0.2) is 29.4 Å². The van der Waals surface area contributed by atoms with Crippen LogP contribution >= 0.6 is 0 Å². The summed E-state index contributed by atoms with van der Waals surface area (Å²) < 4.78 is 0. The minimum atomic E-state index is -0.241. The Labute approximate surface area is 124 Å². The first kappa shape index (κ1) is 15.2. The van der Waals surface area contributed by atoms with Gasteiger partial charge in [0.15, 0.2) is 0 Å². The molecule has 112 valence electrons. The van der Waals surface area contributed by atoms with Crippen molar-refractivity contribution in [2.75, 3.05) is 5.32 Å². The normalized spacial score (nSPS) is 13.4. The van der Waals surface area contributed by atoms with Crippen molar-refractivity contribution in [1.29, 1.82) is 0 Å². The number of hydrogen-bond donors (Lipinski definition) is 2. The Morgan fingerprint density at radius 2 is 1.76 bits per heavy atom. The van der Waals surface area contributed by atoms with Crippen molar-refractivity contribution < 1.29 is 9.59 Å². The van der Waals surface area contributed by atoms with Gasteiger partial charge in [0.25, 0.3) is 5.91 Å². The second-order valence-corrected chi connectivity index (χ2v) is 5.17. The number of carbonyl (C=O) groups is 2. The maximum Gasteiger partial charge on any atom is 0.271 e. The number of anilines is 1. The van der Waals surface area contributed by atoms with Gasteiger partial charge in [-0.05, 0) is 49.9 Å². The van der Waals surface area contributed by atoms with Crippen molar-refractivity contribution >= 4 is 23.2 Å². The van der Waals surface area contributed by atoms with Crippen molar-refractivity contribution in [3.8, 4) is 0 Å². The Bertz CT molecular complexity index is 539. The molecule has 2 amide bonds. The topological polar surface area (TPSA) is 70.6 Å². The van der Waals surface area contributed by atoms with Crippen LogP contribution in [0.1, 0.15) is 49.9 Å². The van der Waals surface area contributed by atoms with E-state index in [9.17, 15) is 9.59 Å². The Balaban J connectivity index is 1.93. The van der Waals surface area contributed by atoms with Gasteiger partial charge in [-0.2, -0.15) is 5.10 Å². The molecule has 0 heterocycles. The first-order chi connectivity index (χ1) is 10.1. The average Bonchev–Trinajstić information content (AvgIpc) is 3.33. The molecule has 0 atom stereocenters. The maximum absolute atomic E-state index is 11.9. The van der Waals surface area contributed by atoms with E-state index in [0.717, 1.165) is 37.1 Å². The molecule has 21 heavy (non-hydrogen) atoms. The van der Waals surface area contributed by atoms with E-state index in [2.05, 4.69) is 15.8 Å². The number of carbonyl (C=O) groups excluding carboxylic acids is 2. The van der Waals surface area contributed by atoms with Crippen LogP contribution in [0.25, 0.3) is 0 Å². The van der Waals surface area contributed by atoms with E-state index >= 15 is 0 Å². The molecule has 1 saturated carbocycles. The minimum Gasteiger partial charge on any atom is -0.326 e. The van der Waals surface area contributed by atoms with Gasteiger partial charge in [0.1, 0.15) is 0 Å². The molecule has 1 fully saturated rings. The van der Waals surface area contributed by atoms with Crippen molar-refractivity contribution in [3.05, 3.63) is 29.8 Å². The summed E-state index contributed by atoms with van der Waals surface area (Å²) in [7, 11) is 0. The third-order valence-corrected chi connectivity index (χ3v) is 3.49. The molecule has 1 aromatic rings. The van der Waals surface area contributed by atoms with Gasteiger partial charge < -0.3 is 5.32 Å². The number of benzene rings is 1. The highest BCUT2D eigenvalue weighted by Gasteiger charge is 2.29. The molecular formula is C16H21N3O2. The first-order valence-electron chi connectivity index (χ1n) is 7.40. The fourth-order valence-corrected chi connectivity index (χ4v) is 1.90. The summed E-state index contributed by atoms with van der Waals surface area (Å²) >= 11 is 0. The zero-order valence-electron chi connectivity index (χ0n) is 12.5. The highest BCUT2D eigenvalue weighted by Crippen LogP contribution is 2.30. The molecule has 2 rings (SSSR count). The van der Waals surface area contributed by atoms with E-state index in [0.29, 0.717) is 5.56 Å². The molecule has 0 bridgehead atoms. The molecule has 0 radical (unpaired) electrons. The lowest BCUT2D eigenvalue weighted by Gasteiger charge is -2.06. The van der Waals surface area contributed by atoms with E-state index in [-0.39, 0.29) is 17.7 Å². The predicted molar refractivity (Wildman–Crippen MR) is 83.3 cm³/mol. The fourth-order valence-electron chi connectivity index (χ4n) is 1.90. The second-order valence-electron chi connectivity index (χ2n) is 5.17. The monoisotopic (exact) mass is 287 g/mol. The zero-order chi connectivity index (χ0) is 15.2. The molecule has 1 aromatic carbocycles. The highest BCUT2D eigenvalue weighted by molar-refractivity contribution is 5.97. The predicted octanol–water partition coefficient (Wildman–Crippen LogP) is 2.94. The van der Waals surface area contributed by atoms with E-state index < -0.39 is 0 Å². The third kappa shape index (κ3) is 4.41. The summed E-state index contributed by atoms with van der Waals surface area (Å²) in [6.07, 6.45) is 3.59. The molecule has 0 saturated heterocycles. The standard InChI is InChI=1S/C16H21N3O2/c1-3-13(4-2)18-19-16(21)12-7-9-14(10-8-12)17-15(20)11-5-6-11/h7-11H,3-6H2,1-2H3,(H,17,20)(H,19,21). The second kappa shape index (κ2) is 7.02. The molecule has 0 spiro atoms. The molecule has 0 unspecified atom stereocenters. The van der Waals surface area contributed by atoms with Gasteiger partial charge in [0.2, 0.25) is 5.91 Å². The number of amides is 2. The Hall–Kier alpha value is -2.17. The summed E-state index contributed by atoms with van der Waals surface area (Å²) in [6, 6.07) is 6.84. The minimum absolute atomic E-state index is 0.0623. The molecule has 2 N–H and O–H groups in total. The molecule has 5 heteroatoms. The average molecular weight is 287 g/mol. The van der Waals surface area contributed by atoms with Crippen LogP contribution in [0.4, 0.5) is 5.69 Å². The zero-order valence-corrected chi connectivity index (χ0v) is 12.5. The van der Waals surface area contributed by atoms with Crippen molar-refractivity contribution in [1.82, 2.24) is 5.43 Å². The quantitative estimate of drug-likeness (QED) is 0.624. The highest BCUT2D eigenvalue weighted by atomic mass is 16.2. The number of hydrogen-bond acceptors (Lipinski definition) is 3. The van der Waals surface area contributed by atoms with E-state index in [1.165, 1.54) is 0 Å². The molecule has 5 nitrogen and oxygen atoms in total. The number of nitrogens with one attached hydrogen (secondary N) is 2. The van der Waals surface area contributed by atoms with Crippen LogP contribution in [0.2, 0.25) is 0 Å². The van der Waals surface area contributed by atoms with Crippen LogP contribution in [0.5, 0.6) is 0 Å².